The molecule has 0 aliphatic carbocycles. The SMILES string of the molecule is CC1(C)CN=C(Nc2ccc(C(F)(F)F)cc2Cl)SC1. The molecule has 0 saturated heterocycles. The summed E-state index contributed by atoms with van der Waals surface area (Å²) in [5.74, 6) is 0.900. The molecule has 2 nitrogen and oxygen atoms in total. The quantitative estimate of drug-likeness (QED) is 0.795. The summed E-state index contributed by atoms with van der Waals surface area (Å²) in [4.78, 5) is 4.38. The number of rotatable bonds is 1. The van der Waals surface area contributed by atoms with Gasteiger partial charge in [0, 0.05) is 12.3 Å². The maximum Gasteiger partial charge on any atom is 0.416 e. The molecule has 2 rings (SSSR count). The molecule has 1 aromatic carbocycles. The standard InChI is InChI=1S/C13H14ClF3N2S/c1-12(2)6-18-11(20-7-12)19-10-4-3-8(5-9(10)14)13(15,16)17/h3-5H,6-7H2,1-2H3,(H,18,19). The minimum atomic E-state index is -4.39. The summed E-state index contributed by atoms with van der Waals surface area (Å²) < 4.78 is 37.6. The maximum atomic E-state index is 12.5. The van der Waals surface area contributed by atoms with Gasteiger partial charge in [-0.2, -0.15) is 13.2 Å². The molecule has 0 atom stereocenters. The molecule has 0 radical (unpaired) electrons. The number of benzene rings is 1. The van der Waals surface area contributed by atoms with Gasteiger partial charge in [0.05, 0.1) is 16.3 Å². The molecule has 0 fully saturated rings. The lowest BCUT2D eigenvalue weighted by molar-refractivity contribution is -0.137. The topological polar surface area (TPSA) is 24.4 Å². The van der Waals surface area contributed by atoms with E-state index in [2.05, 4.69) is 24.2 Å². The van der Waals surface area contributed by atoms with Crippen molar-refractivity contribution in [1.82, 2.24) is 0 Å². The molecular weight excluding hydrogens is 309 g/mol. The molecule has 1 N–H and O–H groups in total. The third-order valence-electron chi connectivity index (χ3n) is 2.79. The zero-order chi connectivity index (χ0) is 15.0. The molecule has 0 bridgehead atoms. The number of hydrogen-bond acceptors (Lipinski definition) is 3. The third kappa shape index (κ3) is 3.82. The van der Waals surface area contributed by atoms with E-state index < -0.39 is 11.7 Å². The largest absolute Gasteiger partial charge is 0.416 e. The normalized spacial score (nSPS) is 18.6. The fourth-order valence-corrected chi connectivity index (χ4v) is 2.81. The van der Waals surface area contributed by atoms with Crippen LogP contribution in [0.25, 0.3) is 0 Å². The minimum absolute atomic E-state index is 0.0351. The Morgan fingerprint density at radius 2 is 2.05 bits per heavy atom. The second-order valence-corrected chi connectivity index (χ2v) is 6.76. The average Bonchev–Trinajstić information content (AvgIpc) is 2.33. The van der Waals surface area contributed by atoms with Gasteiger partial charge in [-0.25, -0.2) is 0 Å². The monoisotopic (exact) mass is 322 g/mol. The van der Waals surface area contributed by atoms with E-state index in [1.165, 1.54) is 6.07 Å². The van der Waals surface area contributed by atoms with E-state index in [4.69, 9.17) is 11.6 Å². The average molecular weight is 323 g/mol. The summed E-state index contributed by atoms with van der Waals surface area (Å²) >= 11 is 7.43. The molecule has 0 saturated carbocycles. The molecule has 20 heavy (non-hydrogen) atoms. The minimum Gasteiger partial charge on any atom is -0.334 e. The van der Waals surface area contributed by atoms with E-state index in [0.717, 1.165) is 17.9 Å². The molecule has 1 aliphatic rings. The highest BCUT2D eigenvalue weighted by atomic mass is 35.5. The first kappa shape index (κ1) is 15.5. The predicted octanol–water partition coefficient (Wildman–Crippen LogP) is 4.90. The maximum absolute atomic E-state index is 12.5. The van der Waals surface area contributed by atoms with Crippen LogP contribution in [0.3, 0.4) is 0 Å². The Balaban J connectivity index is 2.13. The van der Waals surface area contributed by atoms with Gasteiger partial charge in [0.25, 0.3) is 0 Å². The van der Waals surface area contributed by atoms with E-state index >= 15 is 0 Å². The zero-order valence-electron chi connectivity index (χ0n) is 11.0. The van der Waals surface area contributed by atoms with Gasteiger partial charge in [-0.15, -0.1) is 0 Å². The number of anilines is 1. The number of alkyl halides is 3. The molecule has 0 spiro atoms. The Labute approximate surface area is 124 Å². The van der Waals surface area contributed by atoms with Crippen molar-refractivity contribution in [3.63, 3.8) is 0 Å². The Kier molecular flexibility index (Phi) is 4.25. The second-order valence-electron chi connectivity index (χ2n) is 5.39. The Morgan fingerprint density at radius 3 is 2.55 bits per heavy atom. The molecular formula is C13H14ClF3N2S. The van der Waals surface area contributed by atoms with Crippen molar-refractivity contribution >= 4 is 34.2 Å². The van der Waals surface area contributed by atoms with E-state index in [1.807, 2.05) is 0 Å². The van der Waals surface area contributed by atoms with E-state index in [0.29, 0.717) is 17.4 Å². The number of nitrogens with zero attached hydrogens (tertiary/aromatic N) is 1. The van der Waals surface area contributed by atoms with Crippen molar-refractivity contribution in [3.05, 3.63) is 28.8 Å². The van der Waals surface area contributed by atoms with Gasteiger partial charge in [-0.3, -0.25) is 4.99 Å². The number of halogens is 4. The third-order valence-corrected chi connectivity index (χ3v) is 4.53. The van der Waals surface area contributed by atoms with Crippen LogP contribution in [-0.4, -0.2) is 17.5 Å². The smallest absolute Gasteiger partial charge is 0.334 e. The van der Waals surface area contributed by atoms with Gasteiger partial charge < -0.3 is 5.32 Å². The van der Waals surface area contributed by atoms with E-state index in [9.17, 15) is 13.2 Å². The summed E-state index contributed by atoms with van der Waals surface area (Å²) in [6, 6.07) is 3.25. The van der Waals surface area contributed by atoms with E-state index in [1.54, 1.807) is 11.8 Å². The molecule has 110 valence electrons. The van der Waals surface area contributed by atoms with Crippen LogP contribution < -0.4 is 5.32 Å². The Hall–Kier alpha value is -0.880. The number of thioether (sulfide) groups is 1. The Morgan fingerprint density at radius 1 is 1.35 bits per heavy atom. The van der Waals surface area contributed by atoms with Crippen molar-refractivity contribution in [2.75, 3.05) is 17.6 Å². The highest BCUT2D eigenvalue weighted by Crippen LogP contribution is 2.35. The molecule has 1 aliphatic heterocycles. The summed E-state index contributed by atoms with van der Waals surface area (Å²) in [6.45, 7) is 4.91. The van der Waals surface area contributed by atoms with Crippen molar-refractivity contribution in [2.24, 2.45) is 10.4 Å². The molecule has 0 unspecified atom stereocenters. The zero-order valence-corrected chi connectivity index (χ0v) is 12.6. The van der Waals surface area contributed by atoms with Crippen LogP contribution in [0.1, 0.15) is 19.4 Å². The highest BCUT2D eigenvalue weighted by Gasteiger charge is 2.31. The number of aliphatic imine (C=N–C) groups is 1. The van der Waals surface area contributed by atoms with Crippen LogP contribution in [0.5, 0.6) is 0 Å². The van der Waals surface area contributed by atoms with Gasteiger partial charge in [0.15, 0.2) is 5.17 Å². The van der Waals surface area contributed by atoms with Gasteiger partial charge in [0.2, 0.25) is 0 Å². The van der Waals surface area contributed by atoms with Crippen LogP contribution in [0.4, 0.5) is 18.9 Å². The number of amidine groups is 1. The number of hydrogen-bond donors (Lipinski definition) is 1. The highest BCUT2D eigenvalue weighted by molar-refractivity contribution is 8.14. The molecule has 1 aromatic rings. The summed E-state index contributed by atoms with van der Waals surface area (Å²) in [7, 11) is 0. The van der Waals surface area contributed by atoms with Crippen LogP contribution in [0.15, 0.2) is 23.2 Å². The first-order chi connectivity index (χ1) is 9.17. The molecule has 7 heteroatoms. The molecule has 0 aromatic heterocycles. The lowest BCUT2D eigenvalue weighted by Crippen LogP contribution is -2.27. The Bertz CT molecular complexity index is 541. The lowest BCUT2D eigenvalue weighted by Gasteiger charge is -2.27. The van der Waals surface area contributed by atoms with Crippen molar-refractivity contribution < 1.29 is 13.2 Å². The first-order valence-electron chi connectivity index (χ1n) is 5.98. The van der Waals surface area contributed by atoms with Gasteiger partial charge in [0.1, 0.15) is 0 Å². The summed E-state index contributed by atoms with van der Waals surface area (Å²) in [5, 5.41) is 3.70. The predicted molar refractivity (Wildman–Crippen MR) is 78.6 cm³/mol. The van der Waals surface area contributed by atoms with Gasteiger partial charge >= 0.3 is 6.18 Å². The fourth-order valence-electron chi connectivity index (χ4n) is 1.62. The van der Waals surface area contributed by atoms with Crippen LogP contribution in [0, 0.1) is 5.41 Å². The van der Waals surface area contributed by atoms with Crippen LogP contribution in [0.2, 0.25) is 5.02 Å². The number of nitrogens with one attached hydrogen (secondary N) is 1. The fraction of sp³-hybridized carbons (Fsp3) is 0.462. The van der Waals surface area contributed by atoms with Gasteiger partial charge in [-0.1, -0.05) is 37.2 Å². The van der Waals surface area contributed by atoms with Crippen molar-refractivity contribution in [2.45, 2.75) is 20.0 Å². The van der Waals surface area contributed by atoms with E-state index in [-0.39, 0.29) is 10.4 Å². The van der Waals surface area contributed by atoms with Crippen molar-refractivity contribution in [1.29, 1.82) is 0 Å². The summed E-state index contributed by atoms with van der Waals surface area (Å²) in [5.41, 5.74) is -0.183. The molecule has 1 heterocycles. The first-order valence-corrected chi connectivity index (χ1v) is 7.35. The molecule has 0 amide bonds. The van der Waals surface area contributed by atoms with Crippen LogP contribution >= 0.6 is 23.4 Å². The van der Waals surface area contributed by atoms with Crippen molar-refractivity contribution in [3.8, 4) is 0 Å². The lowest BCUT2D eigenvalue weighted by atomic mass is 9.97. The van der Waals surface area contributed by atoms with Crippen LogP contribution in [-0.2, 0) is 6.18 Å². The summed E-state index contributed by atoms with van der Waals surface area (Å²) in [6.07, 6.45) is -4.39. The second kappa shape index (κ2) is 5.48. The van der Waals surface area contributed by atoms with Gasteiger partial charge in [-0.05, 0) is 23.6 Å².